The van der Waals surface area contributed by atoms with E-state index in [1.807, 2.05) is 20.8 Å². The summed E-state index contributed by atoms with van der Waals surface area (Å²) in [5.74, 6) is -0.340. The van der Waals surface area contributed by atoms with E-state index in [9.17, 15) is 4.79 Å². The van der Waals surface area contributed by atoms with E-state index in [0.717, 1.165) is 28.8 Å². The minimum Gasteiger partial charge on any atom is -0.459 e. The molecular formula is C16H20N2O2S. The highest BCUT2D eigenvalue weighted by molar-refractivity contribution is 7.21. The quantitative estimate of drug-likeness (QED) is 0.860. The summed E-state index contributed by atoms with van der Waals surface area (Å²) >= 11 is 1.35. The Hall–Kier alpha value is -1.62. The van der Waals surface area contributed by atoms with Crippen molar-refractivity contribution in [1.29, 1.82) is 0 Å². The first-order valence-electron chi connectivity index (χ1n) is 7.40. The lowest BCUT2D eigenvalue weighted by molar-refractivity contribution is 0.0385. The van der Waals surface area contributed by atoms with Crippen LogP contribution in [0.15, 0.2) is 0 Å². The minimum atomic E-state index is -0.340. The van der Waals surface area contributed by atoms with Gasteiger partial charge < -0.3 is 10.5 Å². The van der Waals surface area contributed by atoms with Crippen LogP contribution < -0.4 is 5.73 Å². The summed E-state index contributed by atoms with van der Waals surface area (Å²) in [5, 5.41) is 0.982. The number of ether oxygens (including phenoxy) is 1. The molecule has 21 heavy (non-hydrogen) atoms. The number of nitrogens with zero attached hydrogens (tertiary/aromatic N) is 1. The number of thiophene rings is 1. The molecule has 1 aliphatic carbocycles. The van der Waals surface area contributed by atoms with Crippen LogP contribution in [0, 0.1) is 6.92 Å². The number of anilines is 1. The van der Waals surface area contributed by atoms with Gasteiger partial charge in [-0.15, -0.1) is 11.3 Å². The van der Waals surface area contributed by atoms with Crippen LogP contribution in [0.3, 0.4) is 0 Å². The minimum absolute atomic E-state index is 0.147. The highest BCUT2D eigenvalue weighted by Crippen LogP contribution is 2.39. The molecule has 0 aromatic carbocycles. The van der Waals surface area contributed by atoms with Gasteiger partial charge in [-0.05, 0) is 57.6 Å². The van der Waals surface area contributed by atoms with Crippen LogP contribution >= 0.6 is 11.3 Å². The highest BCUT2D eigenvalue weighted by atomic mass is 32.1. The van der Waals surface area contributed by atoms with Gasteiger partial charge in [-0.3, -0.25) is 0 Å². The number of hydrogen-bond donors (Lipinski definition) is 1. The molecule has 0 bridgehead atoms. The molecule has 2 aromatic rings. The molecule has 2 N–H and O–H groups in total. The smallest absolute Gasteiger partial charge is 0.350 e. The van der Waals surface area contributed by atoms with Crippen LogP contribution in [0.25, 0.3) is 10.2 Å². The third-order valence-corrected chi connectivity index (χ3v) is 5.01. The second kappa shape index (κ2) is 5.30. The van der Waals surface area contributed by atoms with Gasteiger partial charge in [0.05, 0.1) is 11.8 Å². The van der Waals surface area contributed by atoms with E-state index < -0.39 is 0 Å². The zero-order chi connectivity index (χ0) is 15.1. The number of hydrogen-bond acceptors (Lipinski definition) is 5. The number of fused-ring (bicyclic) bond motifs is 3. The summed E-state index contributed by atoms with van der Waals surface area (Å²) in [6.07, 6.45) is 4.31. The molecule has 1 aliphatic rings. The van der Waals surface area contributed by atoms with Gasteiger partial charge >= 0.3 is 5.97 Å². The number of carbonyl (C=O) groups is 1. The third-order valence-electron chi connectivity index (χ3n) is 3.93. The predicted molar refractivity (Wildman–Crippen MR) is 86.0 cm³/mol. The van der Waals surface area contributed by atoms with E-state index in [4.69, 9.17) is 10.5 Å². The maximum Gasteiger partial charge on any atom is 0.350 e. The van der Waals surface area contributed by atoms with Crippen LogP contribution in [0.1, 0.15) is 53.2 Å². The fourth-order valence-electron chi connectivity index (χ4n) is 3.02. The lowest BCUT2D eigenvalue weighted by Crippen LogP contribution is -2.12. The van der Waals surface area contributed by atoms with E-state index in [1.54, 1.807) is 0 Å². The predicted octanol–water partition coefficient (Wildman–Crippen LogP) is 3.63. The number of rotatable bonds is 2. The summed E-state index contributed by atoms with van der Waals surface area (Å²) in [4.78, 5) is 18.2. The van der Waals surface area contributed by atoms with Crippen molar-refractivity contribution >= 4 is 33.2 Å². The normalized spacial score (nSPS) is 14.5. The van der Waals surface area contributed by atoms with Crippen molar-refractivity contribution in [1.82, 2.24) is 4.98 Å². The number of nitrogen functional groups attached to an aromatic ring is 1. The van der Waals surface area contributed by atoms with E-state index >= 15 is 0 Å². The first kappa shape index (κ1) is 14.3. The van der Waals surface area contributed by atoms with Crippen LogP contribution in [0.5, 0.6) is 0 Å². The van der Waals surface area contributed by atoms with Crippen LogP contribution in [-0.2, 0) is 17.6 Å². The monoisotopic (exact) mass is 304 g/mol. The van der Waals surface area contributed by atoms with Crippen molar-refractivity contribution < 1.29 is 9.53 Å². The fourth-order valence-corrected chi connectivity index (χ4v) is 4.08. The highest BCUT2D eigenvalue weighted by Gasteiger charge is 2.25. The Bertz CT molecular complexity index is 719. The van der Waals surface area contributed by atoms with Crippen molar-refractivity contribution in [2.75, 3.05) is 5.73 Å². The van der Waals surface area contributed by atoms with Gasteiger partial charge in [0, 0.05) is 11.1 Å². The maximum absolute atomic E-state index is 12.2. The number of esters is 1. The van der Waals surface area contributed by atoms with E-state index in [1.165, 1.54) is 35.3 Å². The topological polar surface area (TPSA) is 65.2 Å². The Labute approximate surface area is 128 Å². The molecule has 5 heteroatoms. The molecule has 112 valence electrons. The third kappa shape index (κ3) is 2.39. The van der Waals surface area contributed by atoms with Gasteiger partial charge in [0.25, 0.3) is 0 Å². The van der Waals surface area contributed by atoms with Crippen LogP contribution in [0.2, 0.25) is 0 Å². The lowest BCUT2D eigenvalue weighted by atomic mass is 9.89. The number of nitrogens with two attached hydrogens (primary N) is 1. The zero-order valence-corrected chi connectivity index (χ0v) is 13.5. The van der Waals surface area contributed by atoms with Gasteiger partial charge in [-0.25, -0.2) is 9.78 Å². The summed E-state index contributed by atoms with van der Waals surface area (Å²) in [6, 6.07) is 0. The van der Waals surface area contributed by atoms with Crippen LogP contribution in [0.4, 0.5) is 5.69 Å². The van der Waals surface area contributed by atoms with Gasteiger partial charge in [0.15, 0.2) is 0 Å². The molecule has 4 nitrogen and oxygen atoms in total. The standard InChI is InChI=1S/C16H20N2O2S/c1-8(2)20-16(19)14-13(17)12-11-7-5-4-6-10(11)9(3)18-15(12)21-14/h8H,4-7,17H2,1-3H3. The molecule has 0 unspecified atom stereocenters. The molecule has 0 saturated carbocycles. The summed E-state index contributed by atoms with van der Waals surface area (Å²) in [5.41, 5.74) is 10.5. The average Bonchev–Trinajstić information content (AvgIpc) is 2.75. The average molecular weight is 304 g/mol. The molecule has 0 fully saturated rings. The van der Waals surface area contributed by atoms with Crippen molar-refractivity contribution in [2.24, 2.45) is 0 Å². The molecular weight excluding hydrogens is 284 g/mol. The van der Waals surface area contributed by atoms with Crippen molar-refractivity contribution in [3.8, 4) is 0 Å². The molecule has 0 aliphatic heterocycles. The summed E-state index contributed by atoms with van der Waals surface area (Å²) < 4.78 is 5.28. The van der Waals surface area contributed by atoms with Crippen molar-refractivity contribution in [3.05, 3.63) is 21.7 Å². The van der Waals surface area contributed by atoms with Gasteiger partial charge in [0.1, 0.15) is 9.71 Å². The van der Waals surface area contributed by atoms with E-state index in [0.29, 0.717) is 10.6 Å². The number of pyridine rings is 1. The molecule has 0 spiro atoms. The molecule has 3 rings (SSSR count). The molecule has 0 amide bonds. The molecule has 0 saturated heterocycles. The first-order valence-corrected chi connectivity index (χ1v) is 8.22. The second-order valence-electron chi connectivity index (χ2n) is 5.84. The molecule has 0 atom stereocenters. The van der Waals surface area contributed by atoms with Crippen LogP contribution in [-0.4, -0.2) is 17.1 Å². The van der Waals surface area contributed by atoms with Gasteiger partial charge in [-0.1, -0.05) is 0 Å². The number of aromatic nitrogens is 1. The van der Waals surface area contributed by atoms with Gasteiger partial charge in [-0.2, -0.15) is 0 Å². The van der Waals surface area contributed by atoms with Crippen molar-refractivity contribution in [2.45, 2.75) is 52.6 Å². The molecule has 2 heterocycles. The molecule has 2 aromatic heterocycles. The Kier molecular flexibility index (Phi) is 3.61. The Morgan fingerprint density at radius 3 is 2.62 bits per heavy atom. The Morgan fingerprint density at radius 1 is 1.29 bits per heavy atom. The van der Waals surface area contributed by atoms with E-state index in [-0.39, 0.29) is 12.1 Å². The first-order chi connectivity index (χ1) is 9.99. The number of carbonyl (C=O) groups excluding carboxylic acids is 1. The van der Waals surface area contributed by atoms with E-state index in [2.05, 4.69) is 4.98 Å². The van der Waals surface area contributed by atoms with Gasteiger partial charge in [0.2, 0.25) is 0 Å². The van der Waals surface area contributed by atoms with Crippen molar-refractivity contribution in [3.63, 3.8) is 0 Å². The fraction of sp³-hybridized carbons (Fsp3) is 0.500. The summed E-state index contributed by atoms with van der Waals surface area (Å²) in [7, 11) is 0. The lowest BCUT2D eigenvalue weighted by Gasteiger charge is -2.18. The largest absolute Gasteiger partial charge is 0.459 e. The maximum atomic E-state index is 12.2. The SMILES string of the molecule is Cc1nc2sc(C(=O)OC(C)C)c(N)c2c2c1CCCC2. The Morgan fingerprint density at radius 2 is 1.95 bits per heavy atom. The summed E-state index contributed by atoms with van der Waals surface area (Å²) in [6.45, 7) is 5.73. The molecule has 0 radical (unpaired) electrons. The number of aryl methyl sites for hydroxylation is 2. The second-order valence-corrected chi connectivity index (χ2v) is 6.84. The zero-order valence-electron chi connectivity index (χ0n) is 12.7. The Balaban J connectivity index is 2.18.